The second kappa shape index (κ2) is 11.8. The van der Waals surface area contributed by atoms with Crippen molar-refractivity contribution in [3.63, 3.8) is 0 Å². The van der Waals surface area contributed by atoms with Crippen LogP contribution in [0.15, 0.2) is 46.4 Å². The summed E-state index contributed by atoms with van der Waals surface area (Å²) in [7, 11) is -10.7. The van der Waals surface area contributed by atoms with Gasteiger partial charge in [-0.3, -0.25) is 30.2 Å². The van der Waals surface area contributed by atoms with Gasteiger partial charge in [-0.15, -0.1) is 0 Å². The van der Waals surface area contributed by atoms with E-state index in [2.05, 4.69) is 9.98 Å². The number of nitro benzene ring substituents is 2. The molecule has 195 valence electrons. The summed E-state index contributed by atoms with van der Waals surface area (Å²) in [5, 5.41) is 40.7. The number of nitrogens with zero attached hydrogens (tertiary/aromatic N) is 4. The van der Waals surface area contributed by atoms with Gasteiger partial charge in [-0.25, -0.2) is 0 Å². The molecular formula is C16H14F6MnN4O7P-. The van der Waals surface area contributed by atoms with Crippen molar-refractivity contribution < 1.29 is 65.0 Å². The van der Waals surface area contributed by atoms with Crippen LogP contribution in [0.2, 0.25) is 0 Å². The van der Waals surface area contributed by atoms with Gasteiger partial charge in [0.2, 0.25) is 0 Å². The van der Waals surface area contributed by atoms with Gasteiger partial charge in [0.15, 0.2) is 0 Å². The Kier molecular flexibility index (Phi) is 10.6. The summed E-state index contributed by atoms with van der Waals surface area (Å²) in [6.45, 7) is 0.433. The van der Waals surface area contributed by atoms with Crippen LogP contribution in [-0.2, 0) is 19.8 Å². The molecule has 0 aliphatic heterocycles. The average molecular weight is 574 g/mol. The Labute approximate surface area is 199 Å². The van der Waals surface area contributed by atoms with Gasteiger partial charge < -0.3 is 10.2 Å². The molecule has 2 rings (SSSR count). The summed E-state index contributed by atoms with van der Waals surface area (Å²) in [4.78, 5) is 28.3. The molecule has 0 fully saturated rings. The zero-order valence-corrected chi connectivity index (χ0v) is 18.9. The van der Waals surface area contributed by atoms with Gasteiger partial charge in [-0.1, -0.05) is 0 Å². The number of halogens is 6. The van der Waals surface area contributed by atoms with Gasteiger partial charge in [-0.05, 0) is 12.1 Å². The molecule has 0 heterocycles. The number of aromatic hydroxyl groups is 2. The van der Waals surface area contributed by atoms with Crippen LogP contribution in [-0.4, -0.2) is 45.6 Å². The maximum atomic E-state index is 10.7. The first kappa shape index (κ1) is 31.5. The van der Waals surface area contributed by atoms with Crippen molar-refractivity contribution >= 4 is 31.6 Å². The molecule has 0 atom stereocenters. The summed E-state index contributed by atoms with van der Waals surface area (Å²) < 4.78 is 67.3. The number of benzene rings is 2. The predicted molar refractivity (Wildman–Crippen MR) is 109 cm³/mol. The van der Waals surface area contributed by atoms with Crippen LogP contribution in [0.5, 0.6) is 11.5 Å². The Bertz CT molecular complexity index is 1050. The predicted octanol–water partition coefficient (Wildman–Crippen LogP) is 5.71. The van der Waals surface area contributed by atoms with E-state index < -0.39 is 17.7 Å². The third-order valence-electron chi connectivity index (χ3n) is 3.26. The molecule has 2 aromatic rings. The van der Waals surface area contributed by atoms with E-state index in [1.807, 2.05) is 0 Å². The number of phenols is 2. The van der Waals surface area contributed by atoms with Crippen molar-refractivity contribution in [3.8, 4) is 11.5 Å². The van der Waals surface area contributed by atoms with E-state index in [4.69, 9.17) is 3.83 Å². The minimum atomic E-state index is -10.7. The summed E-state index contributed by atoms with van der Waals surface area (Å²) >= 11 is 1.69. The Morgan fingerprint density at radius 3 is 1.31 bits per heavy atom. The molecule has 35 heavy (non-hydrogen) atoms. The maximum absolute atomic E-state index is 10.7. The molecule has 0 saturated carbocycles. The zero-order valence-electron chi connectivity index (χ0n) is 16.9. The molecule has 0 aliphatic rings. The van der Waals surface area contributed by atoms with Crippen LogP contribution in [0.25, 0.3) is 0 Å². The Balaban J connectivity index is 0.00000110. The van der Waals surface area contributed by atoms with E-state index >= 15 is 0 Å². The molecular weight excluding hydrogens is 560 g/mol. The molecule has 0 bridgehead atoms. The van der Waals surface area contributed by atoms with Gasteiger partial charge in [0.05, 0.1) is 22.9 Å². The first-order valence-corrected chi connectivity index (χ1v) is 11.0. The molecule has 2 aromatic carbocycles. The molecule has 19 heteroatoms. The average Bonchev–Trinajstić information content (AvgIpc) is 2.71. The van der Waals surface area contributed by atoms with E-state index in [1.165, 1.54) is 48.8 Å². The number of phenolic OH excluding ortho intramolecular Hbond substituents is 2. The molecule has 0 spiro atoms. The van der Waals surface area contributed by atoms with E-state index in [9.17, 15) is 55.6 Å². The van der Waals surface area contributed by atoms with E-state index in [0.717, 1.165) is 0 Å². The van der Waals surface area contributed by atoms with Gasteiger partial charge in [0.1, 0.15) is 11.5 Å². The van der Waals surface area contributed by atoms with Crippen molar-refractivity contribution in [2.45, 2.75) is 0 Å². The molecule has 0 aliphatic carbocycles. The van der Waals surface area contributed by atoms with Crippen LogP contribution in [0.4, 0.5) is 36.6 Å². The molecule has 0 aromatic heterocycles. The monoisotopic (exact) mass is 574 g/mol. The van der Waals surface area contributed by atoms with Crippen LogP contribution >= 0.6 is 7.81 Å². The van der Waals surface area contributed by atoms with Crippen molar-refractivity contribution in [2.75, 3.05) is 13.1 Å². The Morgan fingerprint density at radius 1 is 0.771 bits per heavy atom. The van der Waals surface area contributed by atoms with E-state index in [-0.39, 0.29) is 47.1 Å². The SMILES string of the molecule is F[P-](F)(F)(F)(F)F.O=[N+]([O-])c1ccc(O)c(C=NCCN=Cc2cc([N+](=O)[O-])ccc2O)c1.[O]=[Mn]. The second-order valence-electron chi connectivity index (χ2n) is 6.03. The molecule has 0 radical (unpaired) electrons. The van der Waals surface area contributed by atoms with Crippen LogP contribution in [0.1, 0.15) is 11.1 Å². The molecule has 11 nitrogen and oxygen atoms in total. The Hall–Kier alpha value is -3.49. The first-order valence-electron chi connectivity index (χ1n) is 8.50. The van der Waals surface area contributed by atoms with Crippen LogP contribution in [0, 0.1) is 20.2 Å². The third-order valence-corrected chi connectivity index (χ3v) is 3.26. The summed E-state index contributed by atoms with van der Waals surface area (Å²) in [6.07, 6.45) is 2.59. The van der Waals surface area contributed by atoms with Crippen molar-refractivity contribution in [1.82, 2.24) is 0 Å². The summed E-state index contributed by atoms with van der Waals surface area (Å²) in [6, 6.07) is 7.18. The third kappa shape index (κ3) is 15.9. The van der Waals surface area contributed by atoms with Crippen molar-refractivity contribution in [1.29, 1.82) is 0 Å². The van der Waals surface area contributed by atoms with Gasteiger partial charge in [-0.2, -0.15) is 0 Å². The van der Waals surface area contributed by atoms with Crippen LogP contribution in [0.3, 0.4) is 0 Å². The number of hydrogen-bond acceptors (Lipinski definition) is 9. The number of aliphatic imine (C=N–C) groups is 2. The zero-order chi connectivity index (χ0) is 27.5. The molecule has 2 N–H and O–H groups in total. The normalized spacial score (nSPS) is 13.1. The second-order valence-corrected chi connectivity index (χ2v) is 7.95. The molecule has 0 amide bonds. The fourth-order valence-corrected chi connectivity index (χ4v) is 1.96. The number of hydrogen-bond donors (Lipinski definition) is 2. The standard InChI is InChI=1S/C16H14N4O6.F6P.Mn.O/c21-15-3-1-13(19(23)24)7-11(15)9-17-5-6-18-10-12-8-14(20(25)26)2-4-16(12)22;1-7(2,3,4,5)6;;/h1-4,7-10,21-22H,5-6H2;;;/q;-1;;. The number of nitro groups is 2. The van der Waals surface area contributed by atoms with Gasteiger partial charge in [0, 0.05) is 47.8 Å². The van der Waals surface area contributed by atoms with Crippen molar-refractivity contribution in [2.24, 2.45) is 9.98 Å². The fraction of sp³-hybridized carbons (Fsp3) is 0.125. The van der Waals surface area contributed by atoms with Gasteiger partial charge in [0.25, 0.3) is 11.4 Å². The van der Waals surface area contributed by atoms with E-state index in [1.54, 1.807) is 15.9 Å². The van der Waals surface area contributed by atoms with E-state index in [0.29, 0.717) is 0 Å². The van der Waals surface area contributed by atoms with Gasteiger partial charge >= 0.3 is 52.8 Å². The Morgan fingerprint density at radius 2 is 1.06 bits per heavy atom. The van der Waals surface area contributed by atoms with Crippen molar-refractivity contribution in [3.05, 3.63) is 67.8 Å². The summed E-state index contributed by atoms with van der Waals surface area (Å²) in [5.74, 6) is -0.270. The summed E-state index contributed by atoms with van der Waals surface area (Å²) in [5.41, 5.74) is 0.0888. The first-order chi connectivity index (χ1) is 15.8. The number of non-ortho nitro benzene ring substituents is 2. The molecule has 0 unspecified atom stereocenters. The van der Waals surface area contributed by atoms with Crippen LogP contribution < -0.4 is 0 Å². The topological polar surface area (TPSA) is 169 Å². The number of rotatable bonds is 7. The minimum absolute atomic E-state index is 0.135. The molecule has 0 saturated heterocycles. The fourth-order valence-electron chi connectivity index (χ4n) is 1.96. The quantitative estimate of drug-likeness (QED) is 0.0812.